The van der Waals surface area contributed by atoms with Crippen LogP contribution < -0.4 is 0 Å². The van der Waals surface area contributed by atoms with Crippen LogP contribution in [-0.2, 0) is 14.3 Å². The first kappa shape index (κ1) is 12.1. The molecule has 1 aliphatic carbocycles. The molecular formula is C14H18O3. The lowest BCUT2D eigenvalue weighted by atomic mass is 9.72. The number of hydrogen-bond acceptors (Lipinski definition) is 3. The Labute approximate surface area is 102 Å². The topological polar surface area (TPSA) is 43.4 Å². The van der Waals surface area contributed by atoms with E-state index in [1.165, 1.54) is 0 Å². The molecule has 0 bridgehead atoms. The third-order valence-electron chi connectivity index (χ3n) is 3.76. The van der Waals surface area contributed by atoms with Crippen molar-refractivity contribution in [3.05, 3.63) is 22.8 Å². The van der Waals surface area contributed by atoms with Gasteiger partial charge in [-0.1, -0.05) is 25.5 Å². The average Bonchev–Trinajstić information content (AvgIpc) is 2.49. The molecule has 3 atom stereocenters. The number of allylic oxidation sites excluding steroid dienone is 2. The van der Waals surface area contributed by atoms with E-state index in [0.717, 1.165) is 12.0 Å². The second-order valence-corrected chi connectivity index (χ2v) is 5.36. The van der Waals surface area contributed by atoms with Crippen molar-refractivity contribution in [2.45, 2.75) is 34.1 Å². The van der Waals surface area contributed by atoms with Gasteiger partial charge in [0.1, 0.15) is 0 Å². The molecule has 0 spiro atoms. The van der Waals surface area contributed by atoms with E-state index in [9.17, 15) is 9.59 Å². The van der Waals surface area contributed by atoms with E-state index in [0.29, 0.717) is 17.1 Å². The van der Waals surface area contributed by atoms with Crippen molar-refractivity contribution in [3.63, 3.8) is 0 Å². The summed E-state index contributed by atoms with van der Waals surface area (Å²) < 4.78 is 4.76. The second-order valence-electron chi connectivity index (χ2n) is 5.36. The highest BCUT2D eigenvalue weighted by Gasteiger charge is 2.44. The van der Waals surface area contributed by atoms with Crippen LogP contribution in [-0.4, -0.2) is 11.9 Å². The molecule has 0 fully saturated rings. The fourth-order valence-corrected chi connectivity index (χ4v) is 2.76. The van der Waals surface area contributed by atoms with Crippen molar-refractivity contribution in [1.82, 2.24) is 0 Å². The summed E-state index contributed by atoms with van der Waals surface area (Å²) in [4.78, 5) is 23.4. The number of rotatable bonds is 1. The minimum Gasteiger partial charge on any atom is -0.386 e. The Kier molecular flexibility index (Phi) is 2.94. The normalized spacial score (nSPS) is 32.4. The summed E-state index contributed by atoms with van der Waals surface area (Å²) in [6.45, 7) is 8.13. The number of ether oxygens (including phenoxy) is 1. The van der Waals surface area contributed by atoms with Gasteiger partial charge >= 0.3 is 11.9 Å². The minimum atomic E-state index is -0.439. The number of carbonyl (C=O) groups excluding carboxylic acids is 2. The van der Waals surface area contributed by atoms with Crippen molar-refractivity contribution in [3.8, 4) is 0 Å². The Hall–Kier alpha value is -1.38. The van der Waals surface area contributed by atoms with Crippen LogP contribution in [0.2, 0.25) is 0 Å². The van der Waals surface area contributed by atoms with Gasteiger partial charge in [-0.05, 0) is 32.1 Å². The lowest BCUT2D eigenvalue weighted by Crippen LogP contribution is -2.25. The van der Waals surface area contributed by atoms with E-state index >= 15 is 0 Å². The van der Waals surface area contributed by atoms with Gasteiger partial charge in [0, 0.05) is 5.92 Å². The molecule has 0 aromatic rings. The quantitative estimate of drug-likeness (QED) is 0.398. The highest BCUT2D eigenvalue weighted by Crippen LogP contribution is 2.43. The largest absolute Gasteiger partial charge is 0.386 e. The van der Waals surface area contributed by atoms with Crippen LogP contribution in [0, 0.1) is 17.8 Å². The van der Waals surface area contributed by atoms with E-state index in [-0.39, 0.29) is 11.8 Å². The molecular weight excluding hydrogens is 216 g/mol. The first-order valence-electron chi connectivity index (χ1n) is 6.07. The Morgan fingerprint density at radius 3 is 2.35 bits per heavy atom. The van der Waals surface area contributed by atoms with Crippen molar-refractivity contribution in [1.29, 1.82) is 0 Å². The molecule has 17 heavy (non-hydrogen) atoms. The van der Waals surface area contributed by atoms with Crippen LogP contribution in [0.15, 0.2) is 22.8 Å². The van der Waals surface area contributed by atoms with Crippen LogP contribution in [0.25, 0.3) is 0 Å². The minimum absolute atomic E-state index is 0.0418. The average molecular weight is 234 g/mol. The predicted octanol–water partition coefficient (Wildman–Crippen LogP) is 2.62. The third-order valence-corrected chi connectivity index (χ3v) is 3.76. The van der Waals surface area contributed by atoms with Crippen molar-refractivity contribution < 1.29 is 14.3 Å². The summed E-state index contributed by atoms with van der Waals surface area (Å²) in [5, 5.41) is 0. The van der Waals surface area contributed by atoms with Crippen LogP contribution in [0.3, 0.4) is 0 Å². The fraction of sp³-hybridized carbons (Fsp3) is 0.571. The molecule has 0 N–H and O–H groups in total. The number of cyclic esters (lactones) is 2. The summed E-state index contributed by atoms with van der Waals surface area (Å²) in [6, 6.07) is 0. The molecule has 1 heterocycles. The molecule has 2 rings (SSSR count). The van der Waals surface area contributed by atoms with Crippen LogP contribution in [0.4, 0.5) is 0 Å². The lowest BCUT2D eigenvalue weighted by Gasteiger charge is -2.29. The maximum Gasteiger partial charge on any atom is 0.343 e. The molecule has 3 nitrogen and oxygen atoms in total. The van der Waals surface area contributed by atoms with Gasteiger partial charge in [-0.15, -0.1) is 0 Å². The zero-order valence-electron chi connectivity index (χ0n) is 10.7. The van der Waals surface area contributed by atoms with Crippen LogP contribution in [0.5, 0.6) is 0 Å². The first-order valence-corrected chi connectivity index (χ1v) is 6.07. The van der Waals surface area contributed by atoms with E-state index in [1.54, 1.807) is 0 Å². The van der Waals surface area contributed by atoms with Crippen LogP contribution >= 0.6 is 0 Å². The molecule has 2 aliphatic rings. The van der Waals surface area contributed by atoms with Gasteiger partial charge in [-0.3, -0.25) is 0 Å². The fourth-order valence-electron chi connectivity index (χ4n) is 2.76. The Morgan fingerprint density at radius 2 is 1.76 bits per heavy atom. The summed E-state index contributed by atoms with van der Waals surface area (Å²) in [5.41, 5.74) is 2.37. The highest BCUT2D eigenvalue weighted by molar-refractivity contribution is 6.13. The van der Waals surface area contributed by atoms with E-state index in [2.05, 4.69) is 13.0 Å². The van der Waals surface area contributed by atoms with Gasteiger partial charge in [0.25, 0.3) is 0 Å². The summed E-state index contributed by atoms with van der Waals surface area (Å²) >= 11 is 0. The van der Waals surface area contributed by atoms with Crippen LogP contribution in [0.1, 0.15) is 34.1 Å². The zero-order chi connectivity index (χ0) is 12.7. The molecule has 1 aliphatic heterocycles. The van der Waals surface area contributed by atoms with Crippen molar-refractivity contribution >= 4 is 11.9 Å². The van der Waals surface area contributed by atoms with Gasteiger partial charge in [0.15, 0.2) is 0 Å². The van der Waals surface area contributed by atoms with E-state index in [1.807, 2.05) is 20.8 Å². The van der Waals surface area contributed by atoms with Crippen molar-refractivity contribution in [2.75, 3.05) is 0 Å². The number of esters is 2. The van der Waals surface area contributed by atoms with Gasteiger partial charge in [-0.2, -0.15) is 0 Å². The molecule has 92 valence electrons. The molecule has 0 aromatic carbocycles. The van der Waals surface area contributed by atoms with Crippen molar-refractivity contribution in [2.24, 2.45) is 17.8 Å². The summed E-state index contributed by atoms with van der Waals surface area (Å²) in [6.07, 6.45) is 2.98. The molecule has 0 saturated heterocycles. The lowest BCUT2D eigenvalue weighted by molar-refractivity contribution is -0.151. The molecule has 0 saturated carbocycles. The smallest absolute Gasteiger partial charge is 0.343 e. The maximum atomic E-state index is 11.7. The molecule has 0 radical (unpaired) electrons. The van der Waals surface area contributed by atoms with E-state index in [4.69, 9.17) is 4.74 Å². The third kappa shape index (κ3) is 1.94. The maximum absolute atomic E-state index is 11.7. The summed E-state index contributed by atoms with van der Waals surface area (Å²) in [7, 11) is 0. The first-order chi connectivity index (χ1) is 7.91. The van der Waals surface area contributed by atoms with Gasteiger partial charge in [0.2, 0.25) is 0 Å². The molecule has 0 amide bonds. The van der Waals surface area contributed by atoms with Gasteiger partial charge in [0.05, 0.1) is 11.1 Å². The van der Waals surface area contributed by atoms with Gasteiger partial charge < -0.3 is 4.74 Å². The SMILES string of the molecule is CC(C)=CC1CC(C)C(C)C2=C1C(=O)OC2=O. The standard InChI is InChI=1S/C14H18O3/c1-7(2)5-10-6-8(3)9(4)11-12(10)14(16)17-13(11)15/h5,8-10H,6H2,1-4H3. The Bertz CT molecular complexity index is 438. The molecule has 3 unspecified atom stereocenters. The second kappa shape index (κ2) is 4.13. The molecule has 0 aromatic heterocycles. The highest BCUT2D eigenvalue weighted by atomic mass is 16.6. The Morgan fingerprint density at radius 1 is 1.18 bits per heavy atom. The number of carbonyl (C=O) groups is 2. The monoisotopic (exact) mass is 234 g/mol. The Balaban J connectivity index is 2.50. The number of hydrogen-bond donors (Lipinski definition) is 0. The molecule has 3 heteroatoms. The van der Waals surface area contributed by atoms with E-state index < -0.39 is 11.9 Å². The zero-order valence-corrected chi connectivity index (χ0v) is 10.7. The summed E-state index contributed by atoms with van der Waals surface area (Å²) in [5.74, 6) is -0.318. The van der Waals surface area contributed by atoms with Gasteiger partial charge in [-0.25, -0.2) is 9.59 Å². The predicted molar refractivity (Wildman–Crippen MR) is 64.0 cm³/mol.